The summed E-state index contributed by atoms with van der Waals surface area (Å²) < 4.78 is 32.4. The van der Waals surface area contributed by atoms with Gasteiger partial charge >= 0.3 is 0 Å². The molecule has 0 atom stereocenters. The van der Waals surface area contributed by atoms with Crippen LogP contribution in [0.4, 0.5) is 0 Å². The van der Waals surface area contributed by atoms with E-state index < -0.39 is 10.0 Å². The monoisotopic (exact) mass is 433 g/mol. The van der Waals surface area contributed by atoms with Crippen molar-refractivity contribution < 1.29 is 17.9 Å². The molecule has 2 heterocycles. The van der Waals surface area contributed by atoms with Gasteiger partial charge in [0.05, 0.1) is 28.7 Å². The van der Waals surface area contributed by atoms with E-state index in [4.69, 9.17) is 16.3 Å². The number of hydrogen-bond acceptors (Lipinski definition) is 6. The molecule has 1 aromatic rings. The van der Waals surface area contributed by atoms with Gasteiger partial charge in [0.15, 0.2) is 0 Å². The zero-order chi connectivity index (χ0) is 19.3. The summed E-state index contributed by atoms with van der Waals surface area (Å²) in [6.45, 7) is 5.25. The summed E-state index contributed by atoms with van der Waals surface area (Å²) in [4.78, 5) is 14.8. The van der Waals surface area contributed by atoms with Crippen molar-refractivity contribution in [2.75, 3.05) is 64.0 Å². The fraction of sp³-hybridized carbons (Fsp3) is 0.588. The topological polar surface area (TPSA) is 79.0 Å². The molecule has 27 heavy (non-hydrogen) atoms. The molecule has 2 aliphatic rings. The van der Waals surface area contributed by atoms with Gasteiger partial charge in [-0.1, -0.05) is 11.6 Å². The molecule has 0 radical (unpaired) electrons. The summed E-state index contributed by atoms with van der Waals surface area (Å²) in [6.07, 6.45) is 0. The highest BCUT2D eigenvalue weighted by atomic mass is 35.5. The van der Waals surface area contributed by atoms with E-state index in [1.165, 1.54) is 22.5 Å². The predicted molar refractivity (Wildman–Crippen MR) is 107 cm³/mol. The van der Waals surface area contributed by atoms with Crippen LogP contribution in [-0.4, -0.2) is 87.5 Å². The maximum Gasteiger partial charge on any atom is 0.252 e. The molecule has 1 amide bonds. The molecule has 1 N–H and O–H groups in total. The summed E-state index contributed by atoms with van der Waals surface area (Å²) in [7, 11) is -3.61. The average molecular weight is 434 g/mol. The number of amides is 1. The first kappa shape index (κ1) is 20.9. The van der Waals surface area contributed by atoms with Crippen LogP contribution in [0, 0.1) is 0 Å². The number of thioether (sulfide) groups is 1. The van der Waals surface area contributed by atoms with E-state index in [1.807, 2.05) is 0 Å². The van der Waals surface area contributed by atoms with Crippen molar-refractivity contribution in [1.82, 2.24) is 14.5 Å². The van der Waals surface area contributed by atoms with Crippen molar-refractivity contribution in [3.8, 4) is 0 Å². The Bertz CT molecular complexity index is 763. The van der Waals surface area contributed by atoms with Gasteiger partial charge in [0.1, 0.15) is 0 Å². The molecule has 0 unspecified atom stereocenters. The smallest absolute Gasteiger partial charge is 0.252 e. The molecule has 1 aromatic carbocycles. The summed E-state index contributed by atoms with van der Waals surface area (Å²) in [5, 5.41) is 3.07. The van der Waals surface area contributed by atoms with Crippen LogP contribution >= 0.6 is 23.4 Å². The Labute approximate surface area is 169 Å². The van der Waals surface area contributed by atoms with E-state index >= 15 is 0 Å². The maximum absolute atomic E-state index is 12.8. The van der Waals surface area contributed by atoms with Crippen molar-refractivity contribution in [3.63, 3.8) is 0 Å². The Morgan fingerprint density at radius 3 is 2.59 bits per heavy atom. The number of ether oxygens (including phenoxy) is 1. The molecule has 2 saturated heterocycles. The molecule has 0 bridgehead atoms. The largest absolute Gasteiger partial charge is 0.379 e. The number of morpholine rings is 1. The predicted octanol–water partition coefficient (Wildman–Crippen LogP) is 1.14. The minimum atomic E-state index is -3.61. The molecule has 150 valence electrons. The van der Waals surface area contributed by atoms with Crippen LogP contribution in [0.1, 0.15) is 10.4 Å². The van der Waals surface area contributed by atoms with E-state index in [2.05, 4.69) is 10.2 Å². The van der Waals surface area contributed by atoms with Crippen LogP contribution in [0.15, 0.2) is 23.1 Å². The number of benzene rings is 1. The fourth-order valence-electron chi connectivity index (χ4n) is 3.02. The van der Waals surface area contributed by atoms with Crippen molar-refractivity contribution >= 4 is 39.3 Å². The summed E-state index contributed by atoms with van der Waals surface area (Å²) >= 11 is 7.89. The minimum absolute atomic E-state index is 0.108. The van der Waals surface area contributed by atoms with Crippen molar-refractivity contribution in [3.05, 3.63) is 28.8 Å². The number of carbonyl (C=O) groups excluding carboxylic acids is 1. The molecule has 0 aliphatic carbocycles. The fourth-order valence-corrected chi connectivity index (χ4v) is 5.83. The van der Waals surface area contributed by atoms with Gasteiger partial charge in [-0.25, -0.2) is 8.42 Å². The molecule has 0 saturated carbocycles. The quantitative estimate of drug-likeness (QED) is 0.724. The van der Waals surface area contributed by atoms with Crippen LogP contribution in [0.3, 0.4) is 0 Å². The zero-order valence-electron chi connectivity index (χ0n) is 15.0. The average Bonchev–Trinajstić information content (AvgIpc) is 2.69. The summed E-state index contributed by atoms with van der Waals surface area (Å²) in [6, 6.07) is 4.32. The first-order valence-electron chi connectivity index (χ1n) is 8.94. The van der Waals surface area contributed by atoms with Gasteiger partial charge < -0.3 is 10.1 Å². The third-order valence-corrected chi connectivity index (χ3v) is 7.77. The number of rotatable bonds is 6. The first-order chi connectivity index (χ1) is 13.0. The Morgan fingerprint density at radius 1 is 1.19 bits per heavy atom. The van der Waals surface area contributed by atoms with E-state index in [1.54, 1.807) is 11.8 Å². The highest BCUT2D eigenvalue weighted by Crippen LogP contribution is 2.24. The standard InChI is InChI=1S/C17H24ClN3O4S2/c18-16-2-1-14(27(23,24)21-7-11-26-12-8-21)13-15(16)17(22)19-3-4-20-5-9-25-10-6-20/h1-2,13H,3-12H2,(H,19,22). The number of hydrogen-bond donors (Lipinski definition) is 1. The van der Waals surface area contributed by atoms with Crippen LogP contribution in [0.5, 0.6) is 0 Å². The molecular weight excluding hydrogens is 410 g/mol. The van der Waals surface area contributed by atoms with Crippen LogP contribution in [-0.2, 0) is 14.8 Å². The van der Waals surface area contributed by atoms with Crippen LogP contribution in [0.2, 0.25) is 5.02 Å². The van der Waals surface area contributed by atoms with Gasteiger partial charge in [0.25, 0.3) is 5.91 Å². The minimum Gasteiger partial charge on any atom is -0.379 e. The highest BCUT2D eigenvalue weighted by Gasteiger charge is 2.27. The van der Waals surface area contributed by atoms with Crippen molar-refractivity contribution in [1.29, 1.82) is 0 Å². The molecule has 2 aliphatic heterocycles. The molecule has 3 rings (SSSR count). The number of carbonyl (C=O) groups is 1. The second-order valence-corrected chi connectivity index (χ2v) is 9.94. The van der Waals surface area contributed by atoms with E-state index in [0.717, 1.165) is 31.1 Å². The van der Waals surface area contributed by atoms with Gasteiger partial charge in [-0.15, -0.1) is 0 Å². The molecular formula is C17H24ClN3O4S2. The lowest BCUT2D eigenvalue weighted by Gasteiger charge is -2.26. The lowest BCUT2D eigenvalue weighted by atomic mass is 10.2. The van der Waals surface area contributed by atoms with Crippen LogP contribution < -0.4 is 5.32 Å². The van der Waals surface area contributed by atoms with Gasteiger partial charge in [-0.05, 0) is 18.2 Å². The highest BCUT2D eigenvalue weighted by molar-refractivity contribution is 7.99. The number of nitrogens with one attached hydrogen (secondary N) is 1. The third kappa shape index (κ3) is 5.36. The Hall–Kier alpha value is -0.840. The number of nitrogens with zero attached hydrogens (tertiary/aromatic N) is 2. The molecule has 10 heteroatoms. The molecule has 0 spiro atoms. The number of halogens is 1. The Kier molecular flexibility index (Phi) is 7.41. The van der Waals surface area contributed by atoms with E-state index in [-0.39, 0.29) is 21.4 Å². The van der Waals surface area contributed by atoms with Crippen molar-refractivity contribution in [2.45, 2.75) is 4.90 Å². The van der Waals surface area contributed by atoms with E-state index in [0.29, 0.717) is 32.8 Å². The second kappa shape index (κ2) is 9.58. The summed E-state index contributed by atoms with van der Waals surface area (Å²) in [5.74, 6) is 1.20. The lowest BCUT2D eigenvalue weighted by Crippen LogP contribution is -2.41. The molecule has 7 nitrogen and oxygen atoms in total. The molecule has 2 fully saturated rings. The van der Waals surface area contributed by atoms with Gasteiger partial charge in [-0.2, -0.15) is 16.1 Å². The Balaban J connectivity index is 1.66. The third-order valence-electron chi connectivity index (χ3n) is 4.61. The Morgan fingerprint density at radius 2 is 1.89 bits per heavy atom. The lowest BCUT2D eigenvalue weighted by molar-refractivity contribution is 0.0383. The van der Waals surface area contributed by atoms with E-state index in [9.17, 15) is 13.2 Å². The SMILES string of the molecule is O=C(NCCN1CCOCC1)c1cc(S(=O)(=O)N2CCSCC2)ccc1Cl. The second-order valence-electron chi connectivity index (χ2n) is 6.37. The first-order valence-corrected chi connectivity index (χ1v) is 11.9. The molecule has 0 aromatic heterocycles. The van der Waals surface area contributed by atoms with Gasteiger partial charge in [0, 0.05) is 50.8 Å². The maximum atomic E-state index is 12.8. The van der Waals surface area contributed by atoms with Crippen LogP contribution in [0.25, 0.3) is 0 Å². The zero-order valence-corrected chi connectivity index (χ0v) is 17.4. The van der Waals surface area contributed by atoms with Gasteiger partial charge in [-0.3, -0.25) is 9.69 Å². The van der Waals surface area contributed by atoms with Crippen molar-refractivity contribution in [2.24, 2.45) is 0 Å². The normalized spacial score (nSPS) is 19.7. The summed E-state index contributed by atoms with van der Waals surface area (Å²) in [5.41, 5.74) is 0.186. The van der Waals surface area contributed by atoms with Gasteiger partial charge in [0.2, 0.25) is 10.0 Å². The number of sulfonamides is 1.